The van der Waals surface area contributed by atoms with E-state index in [9.17, 15) is 9.59 Å². The number of hydrogen-bond acceptors (Lipinski definition) is 6. The van der Waals surface area contributed by atoms with Gasteiger partial charge in [0.1, 0.15) is 11.1 Å². The Morgan fingerprint density at radius 3 is 2.26 bits per heavy atom. The molecule has 4 aromatic rings. The molecular weight excluding hydrogens is 362 g/mol. The maximum absolute atomic E-state index is 12.9. The van der Waals surface area contributed by atoms with E-state index in [0.717, 1.165) is 11.1 Å². The number of rotatable bonds is 4. The third kappa shape index (κ3) is 3.38. The van der Waals surface area contributed by atoms with Crippen molar-refractivity contribution < 1.29 is 4.79 Å². The lowest BCUT2D eigenvalue weighted by atomic mass is 9.95. The van der Waals surface area contributed by atoms with Gasteiger partial charge in [-0.1, -0.05) is 72.0 Å². The molecule has 7 nitrogen and oxygen atoms in total. The first kappa shape index (κ1) is 16.8. The van der Waals surface area contributed by atoms with Crippen molar-refractivity contribution in [2.75, 3.05) is 5.32 Å². The van der Waals surface area contributed by atoms with Gasteiger partial charge in [0.15, 0.2) is 0 Å². The van der Waals surface area contributed by atoms with Gasteiger partial charge in [-0.25, -0.2) is 5.10 Å². The zero-order chi connectivity index (χ0) is 18.6. The summed E-state index contributed by atoms with van der Waals surface area (Å²) in [5, 5.41) is 17.1. The van der Waals surface area contributed by atoms with Crippen LogP contribution in [0.5, 0.6) is 0 Å². The molecule has 0 atom stereocenters. The molecule has 0 spiro atoms. The van der Waals surface area contributed by atoms with Gasteiger partial charge in [0, 0.05) is 11.1 Å². The minimum absolute atomic E-state index is 0.0229. The molecule has 0 saturated carbocycles. The summed E-state index contributed by atoms with van der Waals surface area (Å²) in [5.41, 5.74) is 3.40. The third-order valence-electron chi connectivity index (χ3n) is 3.90. The Morgan fingerprint density at radius 1 is 0.963 bits per heavy atom. The second-order valence-electron chi connectivity index (χ2n) is 5.58. The highest BCUT2D eigenvalue weighted by Gasteiger charge is 2.23. The van der Waals surface area contributed by atoms with E-state index < -0.39 is 11.5 Å². The van der Waals surface area contributed by atoms with E-state index in [2.05, 4.69) is 25.7 Å². The van der Waals surface area contributed by atoms with Gasteiger partial charge in [0.05, 0.1) is 5.69 Å². The molecule has 0 radical (unpaired) electrons. The smallest absolute Gasteiger partial charge is 0.277 e. The number of nitrogens with zero attached hydrogens (tertiary/aromatic N) is 3. The number of anilines is 1. The van der Waals surface area contributed by atoms with E-state index in [0.29, 0.717) is 16.4 Å². The van der Waals surface area contributed by atoms with Crippen molar-refractivity contribution in [2.24, 2.45) is 0 Å². The lowest BCUT2D eigenvalue weighted by Crippen LogP contribution is -2.26. The fraction of sp³-hybridized carbons (Fsp3) is 0. The molecule has 132 valence electrons. The second kappa shape index (κ2) is 7.30. The Hall–Kier alpha value is -3.65. The number of benzene rings is 2. The van der Waals surface area contributed by atoms with E-state index in [-0.39, 0.29) is 5.56 Å². The quantitative estimate of drug-likeness (QED) is 0.570. The van der Waals surface area contributed by atoms with E-state index >= 15 is 0 Å². The molecule has 0 saturated heterocycles. The molecule has 4 rings (SSSR count). The summed E-state index contributed by atoms with van der Waals surface area (Å²) in [6.45, 7) is 0. The van der Waals surface area contributed by atoms with Crippen LogP contribution >= 0.6 is 11.3 Å². The van der Waals surface area contributed by atoms with Crippen LogP contribution in [0, 0.1) is 0 Å². The minimum Gasteiger partial charge on any atom is -0.296 e. The van der Waals surface area contributed by atoms with Crippen LogP contribution in [0.25, 0.3) is 22.4 Å². The lowest BCUT2D eigenvalue weighted by molar-refractivity contribution is 0.102. The molecule has 0 aliphatic rings. The third-order valence-corrected chi connectivity index (χ3v) is 4.51. The topological polar surface area (TPSA) is 101 Å². The molecule has 2 aromatic heterocycles. The average Bonchev–Trinajstić information content (AvgIpc) is 3.22. The van der Waals surface area contributed by atoms with Crippen LogP contribution in [-0.2, 0) is 0 Å². The van der Waals surface area contributed by atoms with Gasteiger partial charge >= 0.3 is 0 Å². The number of carbonyl (C=O) groups excluding carboxylic acids is 1. The standard InChI is InChI=1S/C19H13N5O2S/c25-17(21-19-24-20-11-27-19)15-14(12-7-3-1-4-8-12)16(22-23-18(15)26)13-9-5-2-6-10-13/h1-11H,(H,23,26)(H,21,24,25). The van der Waals surface area contributed by atoms with Crippen LogP contribution in [0.1, 0.15) is 10.4 Å². The summed E-state index contributed by atoms with van der Waals surface area (Å²) in [6, 6.07) is 18.6. The van der Waals surface area contributed by atoms with Crippen LogP contribution in [0.4, 0.5) is 5.13 Å². The Bertz CT molecular complexity index is 1130. The molecule has 0 aliphatic carbocycles. The first-order valence-electron chi connectivity index (χ1n) is 8.05. The van der Waals surface area contributed by atoms with Gasteiger partial charge in [-0.2, -0.15) is 5.10 Å². The monoisotopic (exact) mass is 375 g/mol. The van der Waals surface area contributed by atoms with Crippen molar-refractivity contribution in [2.45, 2.75) is 0 Å². The molecule has 0 bridgehead atoms. The van der Waals surface area contributed by atoms with Gasteiger partial charge in [-0.15, -0.1) is 10.2 Å². The fourth-order valence-corrected chi connectivity index (χ4v) is 3.19. The molecular formula is C19H13N5O2S. The summed E-state index contributed by atoms with van der Waals surface area (Å²) >= 11 is 1.17. The number of hydrogen-bond donors (Lipinski definition) is 2. The summed E-state index contributed by atoms with van der Waals surface area (Å²) in [7, 11) is 0. The van der Waals surface area contributed by atoms with Gasteiger partial charge in [0.25, 0.3) is 11.5 Å². The van der Waals surface area contributed by atoms with Gasteiger partial charge in [-0.05, 0) is 5.56 Å². The zero-order valence-corrected chi connectivity index (χ0v) is 14.7. The van der Waals surface area contributed by atoms with Gasteiger partial charge < -0.3 is 0 Å². The van der Waals surface area contributed by atoms with Crippen molar-refractivity contribution in [3.05, 3.63) is 82.1 Å². The second-order valence-corrected chi connectivity index (χ2v) is 6.41. The molecule has 0 aliphatic heterocycles. The van der Waals surface area contributed by atoms with Crippen LogP contribution in [0.3, 0.4) is 0 Å². The number of nitrogens with one attached hydrogen (secondary N) is 2. The van der Waals surface area contributed by atoms with Crippen LogP contribution in [0.15, 0.2) is 71.0 Å². The largest absolute Gasteiger partial charge is 0.296 e. The first-order chi connectivity index (χ1) is 13.2. The SMILES string of the molecule is O=C(Nc1nncs1)c1c(-c2ccccc2)c(-c2ccccc2)n[nH]c1=O. The number of carbonyl (C=O) groups is 1. The highest BCUT2D eigenvalue weighted by Crippen LogP contribution is 2.31. The maximum Gasteiger partial charge on any atom is 0.277 e. The summed E-state index contributed by atoms with van der Waals surface area (Å²) < 4.78 is 0. The van der Waals surface area contributed by atoms with Crippen molar-refractivity contribution in [1.29, 1.82) is 0 Å². The van der Waals surface area contributed by atoms with Gasteiger partial charge in [0.2, 0.25) is 5.13 Å². The molecule has 27 heavy (non-hydrogen) atoms. The predicted molar refractivity (Wildman–Crippen MR) is 104 cm³/mol. The maximum atomic E-state index is 12.9. The molecule has 8 heteroatoms. The Labute approximate surface area is 157 Å². The number of H-pyrrole nitrogens is 1. The minimum atomic E-state index is -0.574. The highest BCUT2D eigenvalue weighted by atomic mass is 32.1. The summed E-state index contributed by atoms with van der Waals surface area (Å²) in [6.07, 6.45) is 0. The van der Waals surface area contributed by atoms with Crippen LogP contribution < -0.4 is 10.9 Å². The molecule has 2 aromatic carbocycles. The molecule has 2 N–H and O–H groups in total. The highest BCUT2D eigenvalue weighted by molar-refractivity contribution is 7.13. The van der Waals surface area contributed by atoms with Crippen molar-refractivity contribution in [1.82, 2.24) is 20.4 Å². The van der Waals surface area contributed by atoms with Crippen molar-refractivity contribution in [3.63, 3.8) is 0 Å². The predicted octanol–water partition coefficient (Wildman–Crippen LogP) is 3.21. The van der Waals surface area contributed by atoms with Crippen LogP contribution in [0.2, 0.25) is 0 Å². The van der Waals surface area contributed by atoms with Gasteiger partial charge in [-0.3, -0.25) is 14.9 Å². The molecule has 0 unspecified atom stereocenters. The molecule has 0 fully saturated rings. The zero-order valence-electron chi connectivity index (χ0n) is 13.9. The lowest BCUT2D eigenvalue weighted by Gasteiger charge is -2.13. The van der Waals surface area contributed by atoms with Crippen molar-refractivity contribution >= 4 is 22.4 Å². The Balaban J connectivity index is 1.94. The van der Waals surface area contributed by atoms with E-state index in [1.165, 1.54) is 16.8 Å². The number of aromatic nitrogens is 4. The molecule has 2 heterocycles. The van der Waals surface area contributed by atoms with E-state index in [1.54, 1.807) is 0 Å². The normalized spacial score (nSPS) is 10.5. The number of amides is 1. The fourth-order valence-electron chi connectivity index (χ4n) is 2.74. The number of aromatic amines is 1. The Morgan fingerprint density at radius 2 is 1.63 bits per heavy atom. The molecule has 1 amide bonds. The van der Waals surface area contributed by atoms with E-state index in [1.807, 2.05) is 60.7 Å². The van der Waals surface area contributed by atoms with Crippen LogP contribution in [-0.4, -0.2) is 26.3 Å². The Kier molecular flexibility index (Phi) is 4.54. The summed E-state index contributed by atoms with van der Waals surface area (Å²) in [4.78, 5) is 25.4. The van der Waals surface area contributed by atoms with E-state index in [4.69, 9.17) is 0 Å². The summed E-state index contributed by atoms with van der Waals surface area (Å²) in [5.74, 6) is -0.563. The first-order valence-corrected chi connectivity index (χ1v) is 8.93. The average molecular weight is 375 g/mol. The van der Waals surface area contributed by atoms with Crippen molar-refractivity contribution in [3.8, 4) is 22.4 Å².